The van der Waals surface area contributed by atoms with Gasteiger partial charge in [0, 0.05) is 17.7 Å². The highest BCUT2D eigenvalue weighted by Crippen LogP contribution is 2.22. The number of nitrogens with zero attached hydrogens (tertiary/aromatic N) is 2. The fourth-order valence-electron chi connectivity index (χ4n) is 4.66. The number of anilines is 1. The van der Waals surface area contributed by atoms with Crippen molar-refractivity contribution in [1.29, 1.82) is 0 Å². The van der Waals surface area contributed by atoms with Crippen molar-refractivity contribution < 1.29 is 14.7 Å². The van der Waals surface area contributed by atoms with E-state index in [1.807, 2.05) is 78.9 Å². The number of aliphatic carboxylic acids is 1. The van der Waals surface area contributed by atoms with Crippen molar-refractivity contribution in [3.05, 3.63) is 114 Å². The van der Waals surface area contributed by atoms with Crippen LogP contribution >= 0.6 is 0 Å². The molecule has 0 aromatic heterocycles. The molecule has 6 nitrogen and oxygen atoms in total. The van der Waals surface area contributed by atoms with Crippen LogP contribution in [0.15, 0.2) is 103 Å². The highest BCUT2D eigenvalue weighted by atomic mass is 16.4. The van der Waals surface area contributed by atoms with Gasteiger partial charge in [-0.05, 0) is 43.9 Å². The Labute approximate surface area is 238 Å². The van der Waals surface area contributed by atoms with Crippen molar-refractivity contribution in [1.82, 2.24) is 4.90 Å². The Kier molecular flexibility index (Phi) is 12.8. The van der Waals surface area contributed by atoms with Crippen LogP contribution in [-0.4, -0.2) is 46.7 Å². The number of amides is 1. The summed E-state index contributed by atoms with van der Waals surface area (Å²) in [5, 5.41) is 13.1. The smallest absolute Gasteiger partial charge is 0.328 e. The minimum atomic E-state index is -0.949. The SMILES string of the molecule is C=CCCCCC[C@H](N=C(c1ccccc1)c1ccccc1NC(=O)CN(CCC)Cc1ccccc1)C(=O)O. The molecule has 0 radical (unpaired) electrons. The van der Waals surface area contributed by atoms with Crippen LogP contribution in [0.25, 0.3) is 0 Å². The maximum atomic E-state index is 13.3. The molecule has 0 spiro atoms. The maximum Gasteiger partial charge on any atom is 0.328 e. The van der Waals surface area contributed by atoms with Gasteiger partial charge in [0.05, 0.1) is 17.9 Å². The van der Waals surface area contributed by atoms with Crippen molar-refractivity contribution in [2.75, 3.05) is 18.4 Å². The Hall–Kier alpha value is -4.03. The Morgan fingerprint density at radius 3 is 2.30 bits per heavy atom. The van der Waals surface area contributed by atoms with E-state index in [2.05, 4.69) is 35.9 Å². The second kappa shape index (κ2) is 16.8. The minimum Gasteiger partial charge on any atom is -0.480 e. The zero-order valence-electron chi connectivity index (χ0n) is 23.5. The number of para-hydroxylation sites is 1. The third kappa shape index (κ3) is 9.93. The molecule has 210 valence electrons. The number of carbonyl (C=O) groups excluding carboxylic acids is 1. The summed E-state index contributed by atoms with van der Waals surface area (Å²) in [4.78, 5) is 32.4. The highest BCUT2D eigenvalue weighted by Gasteiger charge is 2.21. The Bertz CT molecular complexity index is 1240. The number of benzene rings is 3. The molecule has 2 N–H and O–H groups in total. The first-order valence-corrected chi connectivity index (χ1v) is 14.1. The summed E-state index contributed by atoms with van der Waals surface area (Å²) in [7, 11) is 0. The van der Waals surface area contributed by atoms with Gasteiger partial charge in [-0.2, -0.15) is 0 Å². The lowest BCUT2D eigenvalue weighted by molar-refractivity contribution is -0.138. The zero-order valence-corrected chi connectivity index (χ0v) is 23.5. The van der Waals surface area contributed by atoms with Gasteiger partial charge in [0.1, 0.15) is 6.04 Å². The molecule has 0 fully saturated rings. The van der Waals surface area contributed by atoms with Gasteiger partial charge < -0.3 is 10.4 Å². The molecule has 1 amide bonds. The summed E-state index contributed by atoms with van der Waals surface area (Å²) in [5.41, 5.74) is 3.83. The van der Waals surface area contributed by atoms with Crippen LogP contribution in [0.1, 0.15) is 62.1 Å². The molecule has 0 aliphatic carbocycles. The number of carbonyl (C=O) groups is 2. The Morgan fingerprint density at radius 1 is 0.950 bits per heavy atom. The molecule has 1 atom stereocenters. The first-order chi connectivity index (χ1) is 19.5. The predicted octanol–water partition coefficient (Wildman–Crippen LogP) is 6.96. The number of aliphatic imine (C=N–C) groups is 1. The number of allylic oxidation sites excluding steroid dienone is 1. The number of carboxylic acid groups (broad SMARTS) is 1. The zero-order chi connectivity index (χ0) is 28.6. The molecule has 0 aliphatic heterocycles. The van der Waals surface area contributed by atoms with Gasteiger partial charge in [-0.25, -0.2) is 4.79 Å². The summed E-state index contributed by atoms with van der Waals surface area (Å²) in [6.07, 6.45) is 6.87. The fourth-order valence-corrected chi connectivity index (χ4v) is 4.66. The molecule has 0 saturated carbocycles. The van der Waals surface area contributed by atoms with Gasteiger partial charge in [0.25, 0.3) is 0 Å². The van der Waals surface area contributed by atoms with Crippen molar-refractivity contribution in [3.63, 3.8) is 0 Å². The van der Waals surface area contributed by atoms with Gasteiger partial charge in [-0.3, -0.25) is 14.7 Å². The van der Waals surface area contributed by atoms with Crippen LogP contribution in [0, 0.1) is 0 Å². The molecule has 0 unspecified atom stereocenters. The van der Waals surface area contributed by atoms with E-state index in [9.17, 15) is 14.7 Å². The van der Waals surface area contributed by atoms with Crippen molar-refractivity contribution in [2.45, 2.75) is 58.0 Å². The number of unbranched alkanes of at least 4 members (excludes halogenated alkanes) is 3. The van der Waals surface area contributed by atoms with E-state index in [-0.39, 0.29) is 12.5 Å². The normalized spacial score (nSPS) is 12.2. The number of carboxylic acids is 1. The molecular weight excluding hydrogens is 498 g/mol. The Balaban J connectivity index is 1.86. The monoisotopic (exact) mass is 539 g/mol. The number of hydrogen-bond donors (Lipinski definition) is 2. The summed E-state index contributed by atoms with van der Waals surface area (Å²) in [5.74, 6) is -1.07. The van der Waals surface area contributed by atoms with Crippen LogP contribution in [-0.2, 0) is 16.1 Å². The second-order valence-corrected chi connectivity index (χ2v) is 9.91. The van der Waals surface area contributed by atoms with Crippen molar-refractivity contribution in [2.24, 2.45) is 4.99 Å². The standard InChI is InChI=1S/C34H41N3O3/c1-3-5-6-7-14-23-31(34(39)40)36-33(28-19-12-9-13-20-28)29-21-15-16-22-30(29)35-32(38)26-37(24-4-2)25-27-17-10-8-11-18-27/h3,8-13,15-22,31H,1,4-7,14,23-26H2,2H3,(H,35,38)(H,39,40)/t31-/m0/s1. The summed E-state index contributed by atoms with van der Waals surface area (Å²) in [6, 6.07) is 26.3. The first kappa shape index (κ1) is 30.5. The average molecular weight is 540 g/mol. The molecule has 0 saturated heterocycles. The lowest BCUT2D eigenvalue weighted by Crippen LogP contribution is -2.33. The fraction of sp³-hybridized carbons (Fsp3) is 0.324. The molecule has 6 heteroatoms. The third-order valence-corrected chi connectivity index (χ3v) is 6.62. The summed E-state index contributed by atoms with van der Waals surface area (Å²) in [6.45, 7) is 7.59. The topological polar surface area (TPSA) is 82.0 Å². The average Bonchev–Trinajstić information content (AvgIpc) is 2.96. The number of hydrogen-bond acceptors (Lipinski definition) is 4. The molecule has 40 heavy (non-hydrogen) atoms. The van der Waals surface area contributed by atoms with Crippen LogP contribution in [0.5, 0.6) is 0 Å². The second-order valence-electron chi connectivity index (χ2n) is 9.91. The van der Waals surface area contributed by atoms with E-state index >= 15 is 0 Å². The predicted molar refractivity (Wildman–Crippen MR) is 164 cm³/mol. The minimum absolute atomic E-state index is 0.124. The van der Waals surface area contributed by atoms with Crippen LogP contribution in [0.4, 0.5) is 5.69 Å². The van der Waals surface area contributed by atoms with Gasteiger partial charge >= 0.3 is 5.97 Å². The largest absolute Gasteiger partial charge is 0.480 e. The number of nitrogens with one attached hydrogen (secondary N) is 1. The summed E-state index contributed by atoms with van der Waals surface area (Å²) < 4.78 is 0. The van der Waals surface area contributed by atoms with Crippen molar-refractivity contribution >= 4 is 23.3 Å². The van der Waals surface area contributed by atoms with E-state index in [4.69, 9.17) is 4.99 Å². The van der Waals surface area contributed by atoms with Gasteiger partial charge in [0.15, 0.2) is 0 Å². The van der Waals surface area contributed by atoms with Crippen LogP contribution in [0.3, 0.4) is 0 Å². The highest BCUT2D eigenvalue weighted by molar-refractivity contribution is 6.17. The molecule has 0 bridgehead atoms. The molecule has 3 rings (SSSR count). The lowest BCUT2D eigenvalue weighted by atomic mass is 9.99. The molecule has 0 aliphatic rings. The van der Waals surface area contributed by atoms with Crippen LogP contribution in [0.2, 0.25) is 0 Å². The number of rotatable bonds is 17. The quantitative estimate of drug-likeness (QED) is 0.110. The summed E-state index contributed by atoms with van der Waals surface area (Å²) >= 11 is 0. The van der Waals surface area contributed by atoms with Crippen LogP contribution < -0.4 is 5.32 Å². The molecule has 3 aromatic carbocycles. The van der Waals surface area contributed by atoms with Gasteiger partial charge in [0.2, 0.25) is 5.91 Å². The van der Waals surface area contributed by atoms with E-state index in [1.54, 1.807) is 0 Å². The van der Waals surface area contributed by atoms with E-state index in [0.717, 1.165) is 49.8 Å². The lowest BCUT2D eigenvalue weighted by Gasteiger charge is -2.22. The van der Waals surface area contributed by atoms with Gasteiger partial charge in [-0.15, -0.1) is 6.58 Å². The van der Waals surface area contributed by atoms with Gasteiger partial charge in [-0.1, -0.05) is 105 Å². The molecule has 3 aromatic rings. The van der Waals surface area contributed by atoms with E-state index in [1.165, 1.54) is 0 Å². The van der Waals surface area contributed by atoms with Crippen molar-refractivity contribution in [3.8, 4) is 0 Å². The first-order valence-electron chi connectivity index (χ1n) is 14.1. The molecule has 0 heterocycles. The maximum absolute atomic E-state index is 13.3. The van der Waals surface area contributed by atoms with E-state index < -0.39 is 12.0 Å². The molecular formula is C34H41N3O3. The van der Waals surface area contributed by atoms with E-state index in [0.29, 0.717) is 29.9 Å². The Morgan fingerprint density at radius 2 is 1.62 bits per heavy atom. The third-order valence-electron chi connectivity index (χ3n) is 6.62.